The van der Waals surface area contributed by atoms with E-state index in [4.69, 9.17) is 4.74 Å². The number of carbonyl (C=O) groups is 2. The van der Waals surface area contributed by atoms with Crippen LogP contribution in [0.15, 0.2) is 79.0 Å². The summed E-state index contributed by atoms with van der Waals surface area (Å²) in [5, 5.41) is 11.0. The molecule has 1 unspecified atom stereocenters. The lowest BCUT2D eigenvalue weighted by atomic mass is 9.98. The fourth-order valence-electron chi connectivity index (χ4n) is 5.21. The fraction of sp³-hybridized carbons (Fsp3) is 0.214. The van der Waals surface area contributed by atoms with Crippen molar-refractivity contribution >= 4 is 23.0 Å². The molecular weight excluding hydrogens is 428 g/mol. The smallest absolute Gasteiger partial charge is 0.411 e. The van der Waals surface area contributed by atoms with E-state index >= 15 is 0 Å². The normalized spacial score (nSPS) is 15.5. The monoisotopic (exact) mass is 452 g/mol. The number of aromatic amines is 1. The molecular formula is C28H24N2O4. The number of nitrogens with one attached hydrogen (secondary N) is 1. The van der Waals surface area contributed by atoms with Crippen molar-refractivity contribution in [3.8, 4) is 11.1 Å². The van der Waals surface area contributed by atoms with E-state index < -0.39 is 18.1 Å². The summed E-state index contributed by atoms with van der Waals surface area (Å²) in [5.74, 6) is -1.14. The number of rotatable bonds is 6. The molecule has 2 N–H and O–H groups in total. The Morgan fingerprint density at radius 2 is 1.56 bits per heavy atom. The average molecular weight is 453 g/mol. The molecule has 1 atom stereocenters. The molecule has 0 aliphatic heterocycles. The molecule has 0 bridgehead atoms. The molecule has 1 amide bonds. The van der Waals surface area contributed by atoms with Crippen molar-refractivity contribution in [2.45, 2.75) is 30.8 Å². The SMILES string of the molecule is O=C(O)C(c1c[nH]c2ccccc12)N(C(=O)OCC1c2ccccc2-c2ccccc21)C1CC1. The number of hydrogen-bond acceptors (Lipinski definition) is 3. The highest BCUT2D eigenvalue weighted by atomic mass is 16.6. The molecule has 4 aromatic rings. The Bertz CT molecular complexity index is 1360. The van der Waals surface area contributed by atoms with Gasteiger partial charge in [-0.05, 0) is 41.2 Å². The first-order valence-corrected chi connectivity index (χ1v) is 11.6. The molecule has 2 aliphatic carbocycles. The number of amides is 1. The summed E-state index contributed by atoms with van der Waals surface area (Å²) in [6.07, 6.45) is 2.66. The zero-order chi connectivity index (χ0) is 23.2. The summed E-state index contributed by atoms with van der Waals surface area (Å²) in [7, 11) is 0. The van der Waals surface area contributed by atoms with Crippen molar-refractivity contribution < 1.29 is 19.4 Å². The maximum atomic E-state index is 13.4. The van der Waals surface area contributed by atoms with Gasteiger partial charge in [-0.3, -0.25) is 4.90 Å². The van der Waals surface area contributed by atoms with E-state index in [-0.39, 0.29) is 18.6 Å². The highest BCUT2D eigenvalue weighted by molar-refractivity contribution is 5.91. The summed E-state index contributed by atoms with van der Waals surface area (Å²) < 4.78 is 5.86. The van der Waals surface area contributed by atoms with Gasteiger partial charge in [0.25, 0.3) is 0 Å². The minimum Gasteiger partial charge on any atom is -0.479 e. The number of carbonyl (C=O) groups excluding carboxylic acids is 1. The van der Waals surface area contributed by atoms with Crippen molar-refractivity contribution in [3.05, 3.63) is 95.7 Å². The molecule has 6 rings (SSSR count). The average Bonchev–Trinajstić information content (AvgIpc) is 3.53. The molecule has 34 heavy (non-hydrogen) atoms. The molecule has 170 valence electrons. The van der Waals surface area contributed by atoms with Crippen LogP contribution in [0.5, 0.6) is 0 Å². The van der Waals surface area contributed by atoms with E-state index in [1.165, 1.54) is 4.90 Å². The van der Waals surface area contributed by atoms with E-state index in [0.29, 0.717) is 5.56 Å². The van der Waals surface area contributed by atoms with E-state index in [2.05, 4.69) is 29.2 Å². The standard InChI is InChI=1S/C28H24N2O4/c31-27(32)26(23-15-29-25-12-6-5-11-22(23)25)30(17-13-14-17)28(33)34-16-24-20-9-3-1-7-18(20)19-8-2-4-10-21(19)24/h1-12,15,17,24,26,29H,13-14,16H2,(H,31,32). The van der Waals surface area contributed by atoms with Crippen LogP contribution in [0.4, 0.5) is 4.79 Å². The molecule has 2 aliphatic rings. The molecule has 1 saturated carbocycles. The molecule has 0 saturated heterocycles. The Morgan fingerprint density at radius 3 is 2.21 bits per heavy atom. The topological polar surface area (TPSA) is 82.6 Å². The zero-order valence-corrected chi connectivity index (χ0v) is 18.5. The Hall–Kier alpha value is -4.06. The number of hydrogen-bond donors (Lipinski definition) is 2. The number of para-hydroxylation sites is 1. The van der Waals surface area contributed by atoms with Gasteiger partial charge in [-0.1, -0.05) is 66.7 Å². The second kappa shape index (κ2) is 8.06. The van der Waals surface area contributed by atoms with Crippen LogP contribution in [0.3, 0.4) is 0 Å². The zero-order valence-electron chi connectivity index (χ0n) is 18.5. The number of carboxylic acids is 1. The minimum absolute atomic E-state index is 0.0752. The Balaban J connectivity index is 1.30. The highest BCUT2D eigenvalue weighted by Crippen LogP contribution is 2.45. The lowest BCUT2D eigenvalue weighted by Gasteiger charge is -2.29. The van der Waals surface area contributed by atoms with Gasteiger partial charge in [0, 0.05) is 34.6 Å². The van der Waals surface area contributed by atoms with E-state index in [0.717, 1.165) is 46.0 Å². The summed E-state index contributed by atoms with van der Waals surface area (Å²) in [6.45, 7) is 0.163. The molecule has 0 spiro atoms. The van der Waals surface area contributed by atoms with Crippen molar-refractivity contribution in [3.63, 3.8) is 0 Å². The van der Waals surface area contributed by atoms with Gasteiger partial charge in [-0.2, -0.15) is 0 Å². The number of carboxylic acid groups (broad SMARTS) is 1. The van der Waals surface area contributed by atoms with Gasteiger partial charge in [0.2, 0.25) is 0 Å². The third-order valence-electron chi connectivity index (χ3n) is 6.92. The Morgan fingerprint density at radius 1 is 0.941 bits per heavy atom. The lowest BCUT2D eigenvalue weighted by molar-refractivity contribution is -0.143. The predicted molar refractivity (Wildman–Crippen MR) is 129 cm³/mol. The lowest BCUT2D eigenvalue weighted by Crippen LogP contribution is -2.41. The number of ether oxygens (including phenoxy) is 1. The molecule has 1 heterocycles. The van der Waals surface area contributed by atoms with Crippen LogP contribution < -0.4 is 0 Å². The second-order valence-electron chi connectivity index (χ2n) is 8.97. The first kappa shape index (κ1) is 20.5. The molecule has 6 nitrogen and oxygen atoms in total. The Labute approximate surface area is 196 Å². The van der Waals surface area contributed by atoms with Crippen LogP contribution in [-0.2, 0) is 9.53 Å². The maximum absolute atomic E-state index is 13.4. The summed E-state index contributed by atoms with van der Waals surface area (Å²) in [6, 6.07) is 22.6. The number of aromatic nitrogens is 1. The van der Waals surface area contributed by atoms with E-state index in [1.807, 2.05) is 48.5 Å². The largest absolute Gasteiger partial charge is 0.479 e. The van der Waals surface area contributed by atoms with Crippen molar-refractivity contribution in [1.29, 1.82) is 0 Å². The predicted octanol–water partition coefficient (Wildman–Crippen LogP) is 5.71. The number of aliphatic carboxylic acids is 1. The highest BCUT2D eigenvalue weighted by Gasteiger charge is 2.43. The maximum Gasteiger partial charge on any atom is 0.411 e. The van der Waals surface area contributed by atoms with Crippen LogP contribution in [-0.4, -0.2) is 39.7 Å². The molecule has 3 aromatic carbocycles. The van der Waals surface area contributed by atoms with Gasteiger partial charge < -0.3 is 14.8 Å². The van der Waals surface area contributed by atoms with Crippen LogP contribution in [0.25, 0.3) is 22.0 Å². The Kier molecular flexibility index (Phi) is 4.87. The number of nitrogens with zero attached hydrogens (tertiary/aromatic N) is 1. The van der Waals surface area contributed by atoms with Gasteiger partial charge in [0.05, 0.1) is 0 Å². The van der Waals surface area contributed by atoms with Crippen molar-refractivity contribution in [2.75, 3.05) is 6.61 Å². The van der Waals surface area contributed by atoms with Crippen LogP contribution in [0, 0.1) is 0 Å². The van der Waals surface area contributed by atoms with Gasteiger partial charge in [-0.15, -0.1) is 0 Å². The van der Waals surface area contributed by atoms with E-state index in [9.17, 15) is 14.7 Å². The second-order valence-corrected chi connectivity index (χ2v) is 8.97. The first-order valence-electron chi connectivity index (χ1n) is 11.6. The van der Waals surface area contributed by atoms with Crippen LogP contribution in [0.2, 0.25) is 0 Å². The van der Waals surface area contributed by atoms with Gasteiger partial charge in [0.1, 0.15) is 6.61 Å². The fourth-order valence-corrected chi connectivity index (χ4v) is 5.21. The summed E-state index contributed by atoms with van der Waals surface area (Å²) >= 11 is 0. The number of benzene rings is 3. The molecule has 1 aromatic heterocycles. The minimum atomic E-state index is -1.11. The summed E-state index contributed by atoms with van der Waals surface area (Å²) in [4.78, 5) is 30.4. The van der Waals surface area contributed by atoms with Gasteiger partial charge in [0.15, 0.2) is 6.04 Å². The number of fused-ring (bicyclic) bond motifs is 4. The quantitative estimate of drug-likeness (QED) is 0.393. The van der Waals surface area contributed by atoms with Crippen LogP contribution in [0.1, 0.15) is 41.5 Å². The first-order chi connectivity index (χ1) is 16.6. The third kappa shape index (κ3) is 3.34. The number of H-pyrrole nitrogens is 1. The molecule has 6 heteroatoms. The summed E-state index contributed by atoms with van der Waals surface area (Å²) in [5.41, 5.74) is 5.97. The third-order valence-corrected chi connectivity index (χ3v) is 6.92. The van der Waals surface area contributed by atoms with Gasteiger partial charge in [-0.25, -0.2) is 9.59 Å². The molecule has 1 fully saturated rings. The van der Waals surface area contributed by atoms with Crippen molar-refractivity contribution in [2.24, 2.45) is 0 Å². The molecule has 0 radical (unpaired) electrons. The van der Waals surface area contributed by atoms with Crippen LogP contribution >= 0.6 is 0 Å². The van der Waals surface area contributed by atoms with Gasteiger partial charge >= 0.3 is 12.1 Å². The van der Waals surface area contributed by atoms with E-state index in [1.54, 1.807) is 6.20 Å². The van der Waals surface area contributed by atoms with Crippen molar-refractivity contribution in [1.82, 2.24) is 9.88 Å².